The van der Waals surface area contributed by atoms with E-state index in [1.54, 1.807) is 6.07 Å². The van der Waals surface area contributed by atoms with Crippen LogP contribution in [0, 0.1) is 12.7 Å². The van der Waals surface area contributed by atoms with Gasteiger partial charge in [0.25, 0.3) is 0 Å². The standard InChI is InChI=1S/C18H20FN/c1-14-12-17(19)8-9-18(14)16-6-4-15(5-7-16)13-20-10-2-3-11-20/h4-9,12H,2-3,10-11,13H2,1H3. The zero-order chi connectivity index (χ0) is 13.9. The van der Waals surface area contributed by atoms with Gasteiger partial charge in [-0.2, -0.15) is 0 Å². The van der Waals surface area contributed by atoms with Gasteiger partial charge in [0.15, 0.2) is 0 Å². The van der Waals surface area contributed by atoms with Crippen LogP contribution in [0.2, 0.25) is 0 Å². The van der Waals surface area contributed by atoms with E-state index in [4.69, 9.17) is 0 Å². The van der Waals surface area contributed by atoms with E-state index < -0.39 is 0 Å². The van der Waals surface area contributed by atoms with Gasteiger partial charge in [0.2, 0.25) is 0 Å². The van der Waals surface area contributed by atoms with Crippen molar-refractivity contribution in [3.63, 3.8) is 0 Å². The van der Waals surface area contributed by atoms with Crippen LogP contribution in [0.15, 0.2) is 42.5 Å². The Bertz CT molecular complexity index is 583. The predicted molar refractivity (Wildman–Crippen MR) is 81.1 cm³/mol. The minimum absolute atomic E-state index is 0.170. The van der Waals surface area contributed by atoms with E-state index in [0.717, 1.165) is 23.2 Å². The molecule has 0 atom stereocenters. The van der Waals surface area contributed by atoms with Crippen LogP contribution in [0.5, 0.6) is 0 Å². The number of likely N-dealkylation sites (tertiary alicyclic amines) is 1. The predicted octanol–water partition coefficient (Wildman–Crippen LogP) is 4.40. The molecule has 1 heterocycles. The maximum Gasteiger partial charge on any atom is 0.123 e. The van der Waals surface area contributed by atoms with E-state index in [2.05, 4.69) is 29.2 Å². The van der Waals surface area contributed by atoms with Gasteiger partial charge in [-0.1, -0.05) is 30.3 Å². The second-order valence-electron chi connectivity index (χ2n) is 5.64. The second-order valence-corrected chi connectivity index (χ2v) is 5.64. The molecule has 2 aromatic carbocycles. The largest absolute Gasteiger partial charge is 0.299 e. The summed E-state index contributed by atoms with van der Waals surface area (Å²) in [6.07, 6.45) is 2.65. The number of benzene rings is 2. The molecule has 1 nitrogen and oxygen atoms in total. The highest BCUT2D eigenvalue weighted by Gasteiger charge is 2.11. The second kappa shape index (κ2) is 5.76. The minimum Gasteiger partial charge on any atom is -0.299 e. The third kappa shape index (κ3) is 2.91. The molecule has 0 N–H and O–H groups in total. The molecule has 0 aliphatic carbocycles. The summed E-state index contributed by atoms with van der Waals surface area (Å²) in [7, 11) is 0. The van der Waals surface area contributed by atoms with E-state index in [1.165, 1.54) is 37.6 Å². The molecule has 1 fully saturated rings. The first-order chi connectivity index (χ1) is 9.72. The van der Waals surface area contributed by atoms with Crippen molar-refractivity contribution in [1.29, 1.82) is 0 Å². The summed E-state index contributed by atoms with van der Waals surface area (Å²) in [5.74, 6) is -0.170. The van der Waals surface area contributed by atoms with Gasteiger partial charge in [-0.05, 0) is 67.2 Å². The fourth-order valence-electron chi connectivity index (χ4n) is 2.94. The Hall–Kier alpha value is -1.67. The fraction of sp³-hybridized carbons (Fsp3) is 0.333. The number of nitrogens with zero attached hydrogens (tertiary/aromatic N) is 1. The molecule has 20 heavy (non-hydrogen) atoms. The van der Waals surface area contributed by atoms with E-state index in [9.17, 15) is 4.39 Å². The molecule has 104 valence electrons. The molecule has 0 unspecified atom stereocenters. The SMILES string of the molecule is Cc1cc(F)ccc1-c1ccc(CN2CCCC2)cc1. The summed E-state index contributed by atoms with van der Waals surface area (Å²) in [5, 5.41) is 0. The van der Waals surface area contributed by atoms with Gasteiger partial charge in [0.1, 0.15) is 5.82 Å². The number of hydrogen-bond donors (Lipinski definition) is 0. The summed E-state index contributed by atoms with van der Waals surface area (Å²) in [4.78, 5) is 2.50. The highest BCUT2D eigenvalue weighted by molar-refractivity contribution is 5.67. The summed E-state index contributed by atoms with van der Waals surface area (Å²) in [6.45, 7) is 5.44. The van der Waals surface area contributed by atoms with Crippen LogP contribution in [0.3, 0.4) is 0 Å². The van der Waals surface area contributed by atoms with E-state index >= 15 is 0 Å². The normalized spacial score (nSPS) is 15.7. The number of hydrogen-bond acceptors (Lipinski definition) is 1. The van der Waals surface area contributed by atoms with Gasteiger partial charge in [0.05, 0.1) is 0 Å². The molecule has 0 amide bonds. The number of aryl methyl sites for hydroxylation is 1. The highest BCUT2D eigenvalue weighted by Crippen LogP contribution is 2.25. The third-order valence-electron chi connectivity index (χ3n) is 4.06. The van der Waals surface area contributed by atoms with Crippen LogP contribution in [-0.4, -0.2) is 18.0 Å². The zero-order valence-electron chi connectivity index (χ0n) is 11.9. The van der Waals surface area contributed by atoms with Crippen molar-refractivity contribution in [2.24, 2.45) is 0 Å². The lowest BCUT2D eigenvalue weighted by atomic mass is 9.99. The van der Waals surface area contributed by atoms with Crippen molar-refractivity contribution < 1.29 is 4.39 Å². The highest BCUT2D eigenvalue weighted by atomic mass is 19.1. The lowest BCUT2D eigenvalue weighted by Crippen LogP contribution is -2.18. The molecule has 0 aromatic heterocycles. The van der Waals surface area contributed by atoms with Gasteiger partial charge in [-0.25, -0.2) is 4.39 Å². The Morgan fingerprint density at radius 2 is 1.70 bits per heavy atom. The first kappa shape index (κ1) is 13.3. The number of rotatable bonds is 3. The summed E-state index contributed by atoms with van der Waals surface area (Å²) < 4.78 is 13.1. The maximum absolute atomic E-state index is 13.1. The minimum atomic E-state index is -0.170. The Labute approximate surface area is 120 Å². The van der Waals surface area contributed by atoms with Gasteiger partial charge in [-0.3, -0.25) is 4.90 Å². The first-order valence-electron chi connectivity index (χ1n) is 7.30. The van der Waals surface area contributed by atoms with E-state index in [0.29, 0.717) is 0 Å². The summed E-state index contributed by atoms with van der Waals surface area (Å²) in [6, 6.07) is 13.7. The van der Waals surface area contributed by atoms with Crippen molar-refractivity contribution in [2.75, 3.05) is 13.1 Å². The fourth-order valence-corrected chi connectivity index (χ4v) is 2.94. The van der Waals surface area contributed by atoms with Crippen molar-refractivity contribution in [2.45, 2.75) is 26.3 Å². The summed E-state index contributed by atoms with van der Waals surface area (Å²) >= 11 is 0. The van der Waals surface area contributed by atoms with Crippen LogP contribution in [-0.2, 0) is 6.54 Å². The van der Waals surface area contributed by atoms with Crippen LogP contribution >= 0.6 is 0 Å². The molecule has 1 saturated heterocycles. The molecular formula is C18H20FN. The van der Waals surface area contributed by atoms with Crippen LogP contribution in [0.4, 0.5) is 4.39 Å². The molecule has 0 radical (unpaired) electrons. The average molecular weight is 269 g/mol. The smallest absolute Gasteiger partial charge is 0.123 e. The van der Waals surface area contributed by atoms with Crippen molar-refractivity contribution in [1.82, 2.24) is 4.90 Å². The average Bonchev–Trinajstić information content (AvgIpc) is 2.93. The molecule has 0 bridgehead atoms. The lowest BCUT2D eigenvalue weighted by Gasteiger charge is -2.15. The maximum atomic E-state index is 13.1. The zero-order valence-corrected chi connectivity index (χ0v) is 11.9. The van der Waals surface area contributed by atoms with E-state index in [-0.39, 0.29) is 5.82 Å². The quantitative estimate of drug-likeness (QED) is 0.798. The monoisotopic (exact) mass is 269 g/mol. The summed E-state index contributed by atoms with van der Waals surface area (Å²) in [5.41, 5.74) is 4.61. The molecule has 0 saturated carbocycles. The molecule has 1 aliphatic rings. The van der Waals surface area contributed by atoms with E-state index in [1.807, 2.05) is 13.0 Å². The third-order valence-corrected chi connectivity index (χ3v) is 4.06. The number of halogens is 1. The van der Waals surface area contributed by atoms with Gasteiger partial charge >= 0.3 is 0 Å². The molecule has 0 spiro atoms. The van der Waals surface area contributed by atoms with Crippen LogP contribution in [0.1, 0.15) is 24.0 Å². The topological polar surface area (TPSA) is 3.24 Å². The molecule has 2 heteroatoms. The Morgan fingerprint density at radius 3 is 2.35 bits per heavy atom. The first-order valence-corrected chi connectivity index (χ1v) is 7.30. The van der Waals surface area contributed by atoms with Crippen LogP contribution < -0.4 is 0 Å². The van der Waals surface area contributed by atoms with Gasteiger partial charge in [0, 0.05) is 6.54 Å². The lowest BCUT2D eigenvalue weighted by molar-refractivity contribution is 0.331. The van der Waals surface area contributed by atoms with Gasteiger partial charge in [-0.15, -0.1) is 0 Å². The molecule has 3 rings (SSSR count). The Balaban J connectivity index is 1.78. The van der Waals surface area contributed by atoms with Crippen molar-refractivity contribution >= 4 is 0 Å². The molecule has 2 aromatic rings. The van der Waals surface area contributed by atoms with Crippen molar-refractivity contribution in [3.05, 3.63) is 59.4 Å². The Morgan fingerprint density at radius 1 is 1.00 bits per heavy atom. The van der Waals surface area contributed by atoms with Crippen LogP contribution in [0.25, 0.3) is 11.1 Å². The molecular weight excluding hydrogens is 249 g/mol. The molecule has 1 aliphatic heterocycles. The van der Waals surface area contributed by atoms with Crippen molar-refractivity contribution in [3.8, 4) is 11.1 Å². The Kier molecular flexibility index (Phi) is 3.83. The van der Waals surface area contributed by atoms with Gasteiger partial charge < -0.3 is 0 Å².